The molecule has 0 spiro atoms. The lowest BCUT2D eigenvalue weighted by atomic mass is 10.0. The molecule has 2 aliphatic rings. The van der Waals surface area contributed by atoms with Crippen LogP contribution >= 0.6 is 0 Å². The highest BCUT2D eigenvalue weighted by molar-refractivity contribution is 5.19. The van der Waals surface area contributed by atoms with E-state index in [-0.39, 0.29) is 0 Å². The minimum atomic E-state index is 0.322. The van der Waals surface area contributed by atoms with Gasteiger partial charge in [-0.15, -0.1) is 0 Å². The van der Waals surface area contributed by atoms with E-state index in [2.05, 4.69) is 44.2 Å². The third-order valence-corrected chi connectivity index (χ3v) is 4.41. The highest BCUT2D eigenvalue weighted by Crippen LogP contribution is 2.12. The molecule has 2 N–H and O–H groups in total. The third-order valence-electron chi connectivity index (χ3n) is 4.41. The van der Waals surface area contributed by atoms with Gasteiger partial charge >= 0.3 is 0 Å². The van der Waals surface area contributed by atoms with Gasteiger partial charge in [-0.05, 0) is 42.2 Å². The molecule has 0 saturated carbocycles. The van der Waals surface area contributed by atoms with Crippen molar-refractivity contribution < 1.29 is 24.4 Å². The molecule has 2 heterocycles. The van der Waals surface area contributed by atoms with E-state index in [4.69, 9.17) is 24.4 Å². The van der Waals surface area contributed by atoms with Gasteiger partial charge in [0.25, 0.3) is 0 Å². The molecule has 5 nitrogen and oxygen atoms in total. The monoisotopic (exact) mass is 452 g/mol. The fourth-order valence-corrected chi connectivity index (χ4v) is 2.60. The van der Waals surface area contributed by atoms with Gasteiger partial charge in [0, 0.05) is 0 Å². The van der Waals surface area contributed by atoms with Crippen molar-refractivity contribution in [2.75, 3.05) is 26.4 Å². The van der Waals surface area contributed by atoms with E-state index in [0.717, 1.165) is 32.3 Å². The zero-order valence-electron chi connectivity index (χ0n) is 19.5. The summed E-state index contributed by atoms with van der Waals surface area (Å²) in [5, 5.41) is 17.3. The van der Waals surface area contributed by atoms with E-state index in [9.17, 15) is 0 Å². The number of epoxide rings is 2. The Morgan fingerprint density at radius 1 is 0.697 bits per heavy atom. The number of hydrogen-bond donors (Lipinski definition) is 2. The Hall–Kier alpha value is -2.86. The molecule has 0 radical (unpaired) electrons. The van der Waals surface area contributed by atoms with Crippen molar-refractivity contribution in [3.63, 3.8) is 0 Å². The molecule has 3 aromatic rings. The van der Waals surface area contributed by atoms with E-state index in [1.54, 1.807) is 48.5 Å². The standard InChI is InChI=1S/C10H14.C6H10O3.2C6H6O/c1-9(2)8-10-6-4-3-5-7-10;1(5-3-8-5)7-2-6-4-9-6;2*7-6-4-2-1-3-5-6/h3-7,9H,8H2,1-2H3;5-6H,1-4H2;2*1-5,7H. The number of ether oxygens (including phenoxy) is 3. The van der Waals surface area contributed by atoms with Crippen LogP contribution in [0.15, 0.2) is 91.0 Å². The summed E-state index contributed by atoms with van der Waals surface area (Å²) in [6, 6.07) is 28.0. The fraction of sp³-hybridized carbons (Fsp3) is 0.357. The molecule has 0 bridgehead atoms. The Bertz CT molecular complexity index is 782. The molecule has 5 rings (SSSR count). The Labute approximate surface area is 197 Å². The van der Waals surface area contributed by atoms with Crippen molar-refractivity contribution in [3.8, 4) is 11.5 Å². The first-order valence-electron chi connectivity index (χ1n) is 11.4. The second-order valence-electron chi connectivity index (χ2n) is 8.20. The molecule has 0 aromatic heterocycles. The van der Waals surface area contributed by atoms with E-state index in [1.165, 1.54) is 12.0 Å². The highest BCUT2D eigenvalue weighted by Gasteiger charge is 2.26. The molecule has 0 amide bonds. The predicted molar refractivity (Wildman–Crippen MR) is 131 cm³/mol. The summed E-state index contributed by atoms with van der Waals surface area (Å²) in [5.41, 5.74) is 1.44. The summed E-state index contributed by atoms with van der Waals surface area (Å²) in [4.78, 5) is 0. The van der Waals surface area contributed by atoms with Crippen LogP contribution in [0.5, 0.6) is 11.5 Å². The van der Waals surface area contributed by atoms with Gasteiger partial charge in [-0.25, -0.2) is 0 Å². The first-order valence-corrected chi connectivity index (χ1v) is 11.4. The van der Waals surface area contributed by atoms with Crippen LogP contribution < -0.4 is 0 Å². The first-order chi connectivity index (χ1) is 16.0. The Morgan fingerprint density at radius 2 is 1.06 bits per heavy atom. The number of hydrogen-bond acceptors (Lipinski definition) is 5. The molecule has 178 valence electrons. The first kappa shape index (κ1) is 26.4. The smallest absolute Gasteiger partial charge is 0.115 e. The Balaban J connectivity index is 0.000000158. The third kappa shape index (κ3) is 15.6. The number of phenols is 2. The summed E-state index contributed by atoms with van der Waals surface area (Å²) in [6.45, 7) is 7.75. The summed E-state index contributed by atoms with van der Waals surface area (Å²) in [5.74, 6) is 1.41. The van der Waals surface area contributed by atoms with Gasteiger partial charge in [-0.1, -0.05) is 80.6 Å². The minimum Gasteiger partial charge on any atom is -0.508 e. The van der Waals surface area contributed by atoms with Gasteiger partial charge < -0.3 is 24.4 Å². The number of benzene rings is 3. The molecule has 2 saturated heterocycles. The number of para-hydroxylation sites is 2. The SMILES string of the molecule is C(OCC1CO1)C1CO1.CC(C)Cc1ccccc1.Oc1ccccc1.Oc1ccccc1. The molecule has 2 aliphatic heterocycles. The van der Waals surface area contributed by atoms with Crippen LogP contribution in [0, 0.1) is 5.92 Å². The predicted octanol–water partition coefficient (Wildman–Crippen LogP) is 5.47. The van der Waals surface area contributed by atoms with Crippen LogP contribution in [0.3, 0.4) is 0 Å². The maximum Gasteiger partial charge on any atom is 0.115 e. The van der Waals surface area contributed by atoms with Crippen LogP contribution in [0.25, 0.3) is 0 Å². The maximum absolute atomic E-state index is 8.63. The van der Waals surface area contributed by atoms with Crippen LogP contribution in [0.4, 0.5) is 0 Å². The van der Waals surface area contributed by atoms with E-state index in [1.807, 2.05) is 12.1 Å². The maximum atomic E-state index is 8.63. The normalized spacial score (nSPS) is 17.3. The molecule has 33 heavy (non-hydrogen) atoms. The van der Waals surface area contributed by atoms with Gasteiger partial charge in [0.15, 0.2) is 0 Å². The van der Waals surface area contributed by atoms with Crippen LogP contribution in [-0.2, 0) is 20.6 Å². The molecule has 2 atom stereocenters. The summed E-state index contributed by atoms with van der Waals surface area (Å²) in [7, 11) is 0. The zero-order valence-corrected chi connectivity index (χ0v) is 19.5. The second-order valence-corrected chi connectivity index (χ2v) is 8.20. The van der Waals surface area contributed by atoms with Gasteiger partial charge in [0.1, 0.15) is 23.7 Å². The zero-order chi connectivity index (χ0) is 23.7. The summed E-state index contributed by atoms with van der Waals surface area (Å²) < 4.78 is 15.1. The van der Waals surface area contributed by atoms with E-state index >= 15 is 0 Å². The largest absolute Gasteiger partial charge is 0.508 e. The van der Waals surface area contributed by atoms with Crippen LogP contribution in [0.1, 0.15) is 19.4 Å². The van der Waals surface area contributed by atoms with Crippen molar-refractivity contribution in [2.24, 2.45) is 5.92 Å². The minimum absolute atomic E-state index is 0.322. The average Bonchev–Trinajstić information content (AvgIpc) is 3.73. The summed E-state index contributed by atoms with van der Waals surface area (Å²) >= 11 is 0. The second kappa shape index (κ2) is 15.9. The van der Waals surface area contributed by atoms with Gasteiger partial charge in [-0.2, -0.15) is 0 Å². The molecule has 0 aliphatic carbocycles. The van der Waals surface area contributed by atoms with Crippen LogP contribution in [0.2, 0.25) is 0 Å². The van der Waals surface area contributed by atoms with Gasteiger partial charge in [0.05, 0.1) is 26.4 Å². The van der Waals surface area contributed by atoms with Crippen molar-refractivity contribution in [2.45, 2.75) is 32.5 Å². The quantitative estimate of drug-likeness (QED) is 0.485. The lowest BCUT2D eigenvalue weighted by Crippen LogP contribution is -2.06. The Kier molecular flexibility index (Phi) is 12.7. The summed E-state index contributed by atoms with van der Waals surface area (Å²) in [6.07, 6.45) is 1.98. The van der Waals surface area contributed by atoms with Gasteiger partial charge in [0.2, 0.25) is 0 Å². The number of phenolic OH excluding ortho intramolecular Hbond substituents is 2. The van der Waals surface area contributed by atoms with Crippen molar-refractivity contribution in [1.29, 1.82) is 0 Å². The van der Waals surface area contributed by atoms with E-state index < -0.39 is 0 Å². The van der Waals surface area contributed by atoms with Crippen LogP contribution in [-0.4, -0.2) is 48.8 Å². The average molecular weight is 453 g/mol. The van der Waals surface area contributed by atoms with Crippen molar-refractivity contribution in [1.82, 2.24) is 0 Å². The van der Waals surface area contributed by atoms with Gasteiger partial charge in [-0.3, -0.25) is 0 Å². The lowest BCUT2D eigenvalue weighted by molar-refractivity contribution is 0.102. The van der Waals surface area contributed by atoms with Crippen molar-refractivity contribution >= 4 is 0 Å². The molecular weight excluding hydrogens is 416 g/mol. The Morgan fingerprint density at radius 3 is 1.33 bits per heavy atom. The van der Waals surface area contributed by atoms with E-state index in [0.29, 0.717) is 23.7 Å². The molecular formula is C28H36O5. The topological polar surface area (TPSA) is 74.8 Å². The molecule has 2 fully saturated rings. The molecule has 5 heteroatoms. The lowest BCUT2D eigenvalue weighted by Gasteiger charge is -2.02. The highest BCUT2D eigenvalue weighted by atomic mass is 16.6. The molecule has 3 aromatic carbocycles. The van der Waals surface area contributed by atoms with Crippen molar-refractivity contribution in [3.05, 3.63) is 96.6 Å². The molecule has 2 unspecified atom stereocenters. The number of aromatic hydroxyl groups is 2. The fourth-order valence-electron chi connectivity index (χ4n) is 2.60. The number of rotatable bonds is 6.